The smallest absolute Gasteiger partial charge is 0.234 e. The van der Waals surface area contributed by atoms with Crippen LogP contribution in [0.4, 0.5) is 10.1 Å². The molecule has 2 aromatic carbocycles. The van der Waals surface area contributed by atoms with Gasteiger partial charge in [0.1, 0.15) is 11.6 Å². The molecule has 0 spiro atoms. The maximum atomic E-state index is 13.6. The minimum absolute atomic E-state index is 0.0963. The van der Waals surface area contributed by atoms with Crippen LogP contribution in [0, 0.1) is 5.82 Å². The molecule has 0 saturated carbocycles. The maximum Gasteiger partial charge on any atom is 0.234 e. The van der Waals surface area contributed by atoms with E-state index in [9.17, 15) is 9.18 Å². The topological polar surface area (TPSA) is 67.0 Å². The molecule has 0 aliphatic carbocycles. The number of hydrogen-bond acceptors (Lipinski definition) is 4. The van der Waals surface area contributed by atoms with Gasteiger partial charge in [-0.15, -0.1) is 0 Å². The number of nitrogens with zero attached hydrogens (tertiary/aromatic N) is 1. The van der Waals surface area contributed by atoms with E-state index in [1.165, 1.54) is 23.9 Å². The minimum Gasteiger partial charge on any atom is -0.497 e. The van der Waals surface area contributed by atoms with Gasteiger partial charge in [-0.2, -0.15) is 0 Å². The van der Waals surface area contributed by atoms with Gasteiger partial charge in [0.05, 0.1) is 29.6 Å². The van der Waals surface area contributed by atoms with E-state index in [0.717, 1.165) is 22.8 Å². The number of carbonyl (C=O) groups is 1. The van der Waals surface area contributed by atoms with Crippen LogP contribution in [0.2, 0.25) is 5.02 Å². The monoisotopic (exact) mass is 365 g/mol. The number of carbonyl (C=O) groups excluding carboxylic acids is 1. The first-order valence-corrected chi connectivity index (χ1v) is 8.33. The second-order valence-corrected chi connectivity index (χ2v) is 6.29. The van der Waals surface area contributed by atoms with E-state index in [4.69, 9.17) is 16.3 Å². The maximum absolute atomic E-state index is 13.6. The van der Waals surface area contributed by atoms with Gasteiger partial charge in [0.15, 0.2) is 5.16 Å². The summed E-state index contributed by atoms with van der Waals surface area (Å²) in [6.45, 7) is 0. The molecule has 0 aliphatic heterocycles. The van der Waals surface area contributed by atoms with Crippen molar-refractivity contribution in [2.75, 3.05) is 18.2 Å². The molecule has 1 amide bonds. The minimum atomic E-state index is -0.573. The Balaban J connectivity index is 1.63. The zero-order valence-corrected chi connectivity index (χ0v) is 14.2. The summed E-state index contributed by atoms with van der Waals surface area (Å²) in [4.78, 5) is 19.4. The summed E-state index contributed by atoms with van der Waals surface area (Å²) in [6, 6.07) is 9.56. The molecule has 3 rings (SSSR count). The molecule has 3 aromatic rings. The predicted molar refractivity (Wildman–Crippen MR) is 93.4 cm³/mol. The van der Waals surface area contributed by atoms with Gasteiger partial charge in [0, 0.05) is 11.1 Å². The Bertz CT molecular complexity index is 900. The number of benzene rings is 2. The first-order valence-electron chi connectivity index (χ1n) is 6.96. The van der Waals surface area contributed by atoms with Crippen molar-refractivity contribution in [3.05, 3.63) is 47.2 Å². The number of halogens is 2. The number of fused-ring (bicyclic) bond motifs is 1. The molecular weight excluding hydrogens is 353 g/mol. The fourth-order valence-corrected chi connectivity index (χ4v) is 2.92. The molecule has 24 heavy (non-hydrogen) atoms. The van der Waals surface area contributed by atoms with E-state index in [2.05, 4.69) is 15.3 Å². The third-order valence-electron chi connectivity index (χ3n) is 3.21. The number of thioether (sulfide) groups is 1. The van der Waals surface area contributed by atoms with E-state index in [1.807, 2.05) is 18.2 Å². The molecule has 0 aliphatic rings. The number of methoxy groups -OCH3 is 1. The van der Waals surface area contributed by atoms with Gasteiger partial charge in [0.2, 0.25) is 5.91 Å². The van der Waals surface area contributed by atoms with Crippen molar-refractivity contribution in [2.45, 2.75) is 5.16 Å². The molecule has 1 heterocycles. The molecule has 1 aromatic heterocycles. The Morgan fingerprint density at radius 3 is 2.96 bits per heavy atom. The fourth-order valence-electron chi connectivity index (χ4n) is 2.07. The Morgan fingerprint density at radius 1 is 1.38 bits per heavy atom. The summed E-state index contributed by atoms with van der Waals surface area (Å²) >= 11 is 6.90. The normalized spacial score (nSPS) is 10.8. The highest BCUT2D eigenvalue weighted by atomic mass is 35.5. The fraction of sp³-hybridized carbons (Fsp3) is 0.125. The molecule has 0 bridgehead atoms. The second-order valence-electron chi connectivity index (χ2n) is 4.89. The Hall–Kier alpha value is -2.25. The quantitative estimate of drug-likeness (QED) is 0.668. The molecular formula is C16H13ClFN3O2S. The molecule has 8 heteroatoms. The highest BCUT2D eigenvalue weighted by molar-refractivity contribution is 7.99. The Morgan fingerprint density at radius 2 is 2.21 bits per heavy atom. The van der Waals surface area contributed by atoms with Crippen LogP contribution in [0.5, 0.6) is 5.75 Å². The lowest BCUT2D eigenvalue weighted by Gasteiger charge is -2.05. The van der Waals surface area contributed by atoms with Gasteiger partial charge in [-0.1, -0.05) is 23.4 Å². The predicted octanol–water partition coefficient (Wildman–Crippen LogP) is 4.09. The van der Waals surface area contributed by atoms with Crippen LogP contribution >= 0.6 is 23.4 Å². The average Bonchev–Trinajstić information content (AvgIpc) is 2.97. The largest absolute Gasteiger partial charge is 0.497 e. The van der Waals surface area contributed by atoms with E-state index in [-0.39, 0.29) is 22.4 Å². The molecule has 0 saturated heterocycles. The summed E-state index contributed by atoms with van der Waals surface area (Å²) in [5.74, 6) is -0.0893. The van der Waals surface area contributed by atoms with E-state index in [0.29, 0.717) is 5.16 Å². The number of hydrogen-bond donors (Lipinski definition) is 2. The standard InChI is InChI=1S/C16H13ClFN3O2S/c1-23-10-3-5-13-14(7-10)21-16(20-13)24-8-15(22)19-12-4-2-9(17)6-11(12)18/h2-7H,8H2,1H3,(H,19,22)(H,20,21). The number of rotatable bonds is 5. The second kappa shape index (κ2) is 7.11. The summed E-state index contributed by atoms with van der Waals surface area (Å²) < 4.78 is 18.8. The zero-order chi connectivity index (χ0) is 17.1. The third kappa shape index (κ3) is 3.80. The van der Waals surface area contributed by atoms with Crippen molar-refractivity contribution >= 4 is 46.0 Å². The van der Waals surface area contributed by atoms with Crippen molar-refractivity contribution < 1.29 is 13.9 Å². The molecule has 0 atom stereocenters. The van der Waals surface area contributed by atoms with Crippen LogP contribution in [0.25, 0.3) is 11.0 Å². The van der Waals surface area contributed by atoms with Crippen molar-refractivity contribution in [3.8, 4) is 5.75 Å². The van der Waals surface area contributed by atoms with Crippen LogP contribution in [0.15, 0.2) is 41.6 Å². The highest BCUT2D eigenvalue weighted by Gasteiger charge is 2.10. The number of anilines is 1. The average molecular weight is 366 g/mol. The van der Waals surface area contributed by atoms with Crippen molar-refractivity contribution in [3.63, 3.8) is 0 Å². The van der Waals surface area contributed by atoms with Gasteiger partial charge >= 0.3 is 0 Å². The van der Waals surface area contributed by atoms with E-state index >= 15 is 0 Å². The Labute approximate surface area is 146 Å². The first kappa shape index (κ1) is 16.6. The number of amides is 1. The number of aromatic nitrogens is 2. The van der Waals surface area contributed by atoms with Gasteiger partial charge < -0.3 is 15.0 Å². The van der Waals surface area contributed by atoms with Gasteiger partial charge in [-0.3, -0.25) is 4.79 Å². The summed E-state index contributed by atoms with van der Waals surface area (Å²) in [5.41, 5.74) is 1.70. The molecule has 0 unspecified atom stereocenters. The highest BCUT2D eigenvalue weighted by Crippen LogP contribution is 2.24. The summed E-state index contributed by atoms with van der Waals surface area (Å²) in [6.07, 6.45) is 0. The number of imidazole rings is 1. The summed E-state index contributed by atoms with van der Waals surface area (Å²) in [5, 5.41) is 3.38. The van der Waals surface area contributed by atoms with Crippen molar-refractivity contribution in [1.29, 1.82) is 0 Å². The van der Waals surface area contributed by atoms with E-state index < -0.39 is 5.82 Å². The molecule has 2 N–H and O–H groups in total. The third-order valence-corrected chi connectivity index (χ3v) is 4.32. The molecule has 0 fully saturated rings. The van der Waals surface area contributed by atoms with Crippen LogP contribution < -0.4 is 10.1 Å². The van der Waals surface area contributed by atoms with Crippen LogP contribution in [-0.2, 0) is 4.79 Å². The molecule has 0 radical (unpaired) electrons. The SMILES string of the molecule is COc1ccc2nc(SCC(=O)Nc3ccc(Cl)cc3F)[nH]c2c1. The van der Waals surface area contributed by atoms with Gasteiger partial charge in [-0.25, -0.2) is 9.37 Å². The van der Waals surface area contributed by atoms with E-state index in [1.54, 1.807) is 7.11 Å². The van der Waals surface area contributed by atoms with Crippen LogP contribution in [-0.4, -0.2) is 28.7 Å². The lowest BCUT2D eigenvalue weighted by molar-refractivity contribution is -0.113. The number of aromatic amines is 1. The van der Waals surface area contributed by atoms with Crippen LogP contribution in [0.1, 0.15) is 0 Å². The number of H-pyrrole nitrogens is 1. The summed E-state index contributed by atoms with van der Waals surface area (Å²) in [7, 11) is 1.59. The molecule has 124 valence electrons. The number of nitrogens with one attached hydrogen (secondary N) is 2. The van der Waals surface area contributed by atoms with Crippen molar-refractivity contribution in [2.24, 2.45) is 0 Å². The van der Waals surface area contributed by atoms with Gasteiger partial charge in [-0.05, 0) is 30.3 Å². The lowest BCUT2D eigenvalue weighted by Crippen LogP contribution is -2.15. The van der Waals surface area contributed by atoms with Crippen molar-refractivity contribution in [1.82, 2.24) is 9.97 Å². The number of ether oxygens (including phenoxy) is 1. The zero-order valence-electron chi connectivity index (χ0n) is 12.6. The van der Waals surface area contributed by atoms with Crippen LogP contribution in [0.3, 0.4) is 0 Å². The first-order chi connectivity index (χ1) is 11.5. The lowest BCUT2D eigenvalue weighted by atomic mass is 10.3. The van der Waals surface area contributed by atoms with Gasteiger partial charge in [0.25, 0.3) is 0 Å². The Kier molecular flexibility index (Phi) is 4.92. The molecule has 5 nitrogen and oxygen atoms in total.